The first kappa shape index (κ1) is 16.6. The normalized spacial score (nSPS) is 24.8. The summed E-state index contributed by atoms with van der Waals surface area (Å²) in [6.45, 7) is 1.90. The van der Waals surface area contributed by atoms with E-state index in [9.17, 15) is 13.2 Å². The molecule has 1 aromatic carbocycles. The molecule has 132 valence electrons. The first-order valence-corrected chi connectivity index (χ1v) is 10.4. The third-order valence-corrected chi connectivity index (χ3v) is 6.96. The highest BCUT2D eigenvalue weighted by Crippen LogP contribution is 2.41. The molecule has 2 aliphatic heterocycles. The number of nitrogens with zero attached hydrogens (tertiary/aromatic N) is 2. The van der Waals surface area contributed by atoms with E-state index in [-0.39, 0.29) is 29.4 Å². The topological polar surface area (TPSA) is 81.1 Å². The van der Waals surface area contributed by atoms with Gasteiger partial charge in [-0.3, -0.25) is 4.79 Å². The number of carbonyl (C=O) groups is 1. The van der Waals surface area contributed by atoms with Crippen molar-refractivity contribution >= 4 is 33.2 Å². The molecule has 1 amide bonds. The Morgan fingerprint density at radius 3 is 2.64 bits per heavy atom. The van der Waals surface area contributed by atoms with E-state index in [1.54, 1.807) is 4.68 Å². The molecule has 1 N–H and O–H groups in total. The van der Waals surface area contributed by atoms with E-state index >= 15 is 0 Å². The number of carbonyl (C=O) groups excluding carboxylic acids is 1. The number of aromatic nitrogens is 2. The van der Waals surface area contributed by atoms with Crippen molar-refractivity contribution in [1.82, 2.24) is 9.78 Å². The number of aryl methyl sites for hydroxylation is 1. The summed E-state index contributed by atoms with van der Waals surface area (Å²) < 4.78 is 25.4. The van der Waals surface area contributed by atoms with Gasteiger partial charge in [0.1, 0.15) is 5.82 Å². The monoisotopic (exact) mass is 379 g/mol. The third kappa shape index (κ3) is 2.95. The van der Waals surface area contributed by atoms with E-state index < -0.39 is 9.84 Å². The number of sulfone groups is 1. The quantitative estimate of drug-likeness (QED) is 0.869. The lowest BCUT2D eigenvalue weighted by Gasteiger charge is -2.25. The Labute approximate surface area is 151 Å². The van der Waals surface area contributed by atoms with E-state index in [1.165, 1.54) is 0 Å². The van der Waals surface area contributed by atoms with Gasteiger partial charge in [-0.15, -0.1) is 0 Å². The predicted octanol–water partition coefficient (Wildman–Crippen LogP) is 2.68. The van der Waals surface area contributed by atoms with Crippen molar-refractivity contribution in [2.24, 2.45) is 0 Å². The number of fused-ring (bicyclic) bond motifs is 1. The van der Waals surface area contributed by atoms with Gasteiger partial charge in [0.2, 0.25) is 5.91 Å². The summed E-state index contributed by atoms with van der Waals surface area (Å²) in [4.78, 5) is 12.3. The van der Waals surface area contributed by atoms with Crippen LogP contribution in [0.1, 0.15) is 41.6 Å². The fraction of sp³-hybridized carbons (Fsp3) is 0.412. The fourth-order valence-corrected chi connectivity index (χ4v) is 5.60. The molecule has 4 rings (SSSR count). The van der Waals surface area contributed by atoms with Crippen molar-refractivity contribution in [3.8, 4) is 0 Å². The SMILES string of the molecule is Cc1nn([C@H]2CCS(=O)(=O)C2)c2c1[C@H](c1ccc(Cl)cc1)CC(=O)N2. The molecule has 2 atom stereocenters. The average molecular weight is 380 g/mol. The molecular weight excluding hydrogens is 362 g/mol. The molecule has 8 heteroatoms. The van der Waals surface area contributed by atoms with Crippen LogP contribution in [0.4, 0.5) is 5.82 Å². The van der Waals surface area contributed by atoms with Gasteiger partial charge in [-0.25, -0.2) is 13.1 Å². The Morgan fingerprint density at radius 1 is 1.28 bits per heavy atom. The third-order valence-electron chi connectivity index (χ3n) is 4.95. The lowest BCUT2D eigenvalue weighted by Crippen LogP contribution is -2.26. The van der Waals surface area contributed by atoms with Gasteiger partial charge in [0.25, 0.3) is 0 Å². The first-order valence-electron chi connectivity index (χ1n) is 8.19. The van der Waals surface area contributed by atoms with Gasteiger partial charge in [0.05, 0.1) is 23.2 Å². The Bertz CT molecular complexity index is 950. The first-order chi connectivity index (χ1) is 11.8. The van der Waals surface area contributed by atoms with Crippen LogP contribution in [0.5, 0.6) is 0 Å². The van der Waals surface area contributed by atoms with E-state index in [2.05, 4.69) is 10.4 Å². The Morgan fingerprint density at radius 2 is 2.00 bits per heavy atom. The number of hydrogen-bond donors (Lipinski definition) is 1. The number of halogens is 1. The maximum atomic E-state index is 12.3. The molecule has 0 spiro atoms. The lowest BCUT2D eigenvalue weighted by molar-refractivity contribution is -0.116. The fourth-order valence-electron chi connectivity index (χ4n) is 3.78. The van der Waals surface area contributed by atoms with Crippen molar-refractivity contribution < 1.29 is 13.2 Å². The summed E-state index contributed by atoms with van der Waals surface area (Å²) in [6, 6.07) is 7.24. The summed E-state index contributed by atoms with van der Waals surface area (Å²) >= 11 is 5.98. The summed E-state index contributed by atoms with van der Waals surface area (Å²) in [6.07, 6.45) is 0.863. The number of benzene rings is 1. The van der Waals surface area contributed by atoms with Crippen LogP contribution in [-0.2, 0) is 14.6 Å². The molecule has 1 fully saturated rings. The molecule has 2 aliphatic rings. The minimum atomic E-state index is -3.03. The number of anilines is 1. The van der Waals surface area contributed by atoms with Gasteiger partial charge in [-0.1, -0.05) is 23.7 Å². The molecule has 6 nitrogen and oxygen atoms in total. The standard InChI is InChI=1S/C17H18ClN3O3S/c1-10-16-14(11-2-4-12(18)5-3-11)8-15(22)19-17(16)21(20-10)13-6-7-25(23,24)9-13/h2-5,13-14H,6-9H2,1H3,(H,19,22)/t13-,14-/m0/s1. The second kappa shape index (κ2) is 5.85. The number of hydrogen-bond acceptors (Lipinski definition) is 4. The second-order valence-electron chi connectivity index (χ2n) is 6.71. The van der Waals surface area contributed by atoms with Gasteiger partial charge < -0.3 is 5.32 Å². The molecular formula is C17H18ClN3O3S. The zero-order chi connectivity index (χ0) is 17.8. The van der Waals surface area contributed by atoms with E-state index in [4.69, 9.17) is 11.6 Å². The molecule has 0 radical (unpaired) electrons. The van der Waals surface area contributed by atoms with Gasteiger partial charge in [0.15, 0.2) is 9.84 Å². The smallest absolute Gasteiger partial charge is 0.226 e. The Balaban J connectivity index is 1.79. The van der Waals surface area contributed by atoms with Gasteiger partial charge in [-0.2, -0.15) is 5.10 Å². The number of amides is 1. The molecule has 25 heavy (non-hydrogen) atoms. The Hall–Kier alpha value is -1.86. The summed E-state index contributed by atoms with van der Waals surface area (Å²) in [5.74, 6) is 0.681. The minimum absolute atomic E-state index is 0.0715. The van der Waals surface area contributed by atoms with Crippen LogP contribution < -0.4 is 5.32 Å². The van der Waals surface area contributed by atoms with Gasteiger partial charge in [0, 0.05) is 22.9 Å². The summed E-state index contributed by atoms with van der Waals surface area (Å²) in [7, 11) is -3.03. The molecule has 1 saturated heterocycles. The zero-order valence-corrected chi connectivity index (χ0v) is 15.3. The van der Waals surface area contributed by atoms with Crippen molar-refractivity contribution in [2.45, 2.75) is 31.7 Å². The van der Waals surface area contributed by atoms with Crippen LogP contribution in [0, 0.1) is 6.92 Å². The largest absolute Gasteiger partial charge is 0.311 e. The molecule has 0 aliphatic carbocycles. The molecule has 0 bridgehead atoms. The van der Waals surface area contributed by atoms with Crippen molar-refractivity contribution in [1.29, 1.82) is 0 Å². The molecule has 0 saturated carbocycles. The highest BCUT2D eigenvalue weighted by molar-refractivity contribution is 7.91. The van der Waals surface area contributed by atoms with E-state index in [0.717, 1.165) is 16.8 Å². The van der Waals surface area contributed by atoms with E-state index in [0.29, 0.717) is 23.7 Å². The zero-order valence-electron chi connectivity index (χ0n) is 13.7. The van der Waals surface area contributed by atoms with Crippen LogP contribution in [0.15, 0.2) is 24.3 Å². The van der Waals surface area contributed by atoms with Crippen LogP contribution in [0.25, 0.3) is 0 Å². The lowest BCUT2D eigenvalue weighted by atomic mass is 9.86. The molecule has 0 unspecified atom stereocenters. The molecule has 2 aromatic rings. The summed E-state index contributed by atoms with van der Waals surface area (Å²) in [5, 5.41) is 8.13. The van der Waals surface area contributed by atoms with Crippen LogP contribution in [-0.4, -0.2) is 35.6 Å². The minimum Gasteiger partial charge on any atom is -0.311 e. The predicted molar refractivity (Wildman–Crippen MR) is 95.8 cm³/mol. The van der Waals surface area contributed by atoms with Gasteiger partial charge in [-0.05, 0) is 31.0 Å². The molecule has 1 aromatic heterocycles. The van der Waals surface area contributed by atoms with Crippen molar-refractivity contribution in [3.63, 3.8) is 0 Å². The van der Waals surface area contributed by atoms with Crippen molar-refractivity contribution in [2.75, 3.05) is 16.8 Å². The Kier molecular flexibility index (Phi) is 3.88. The number of nitrogens with one attached hydrogen (secondary N) is 1. The summed E-state index contributed by atoms with van der Waals surface area (Å²) in [5.41, 5.74) is 2.78. The van der Waals surface area contributed by atoms with Crippen LogP contribution >= 0.6 is 11.6 Å². The van der Waals surface area contributed by atoms with Gasteiger partial charge >= 0.3 is 0 Å². The van der Waals surface area contributed by atoms with Crippen LogP contribution in [0.3, 0.4) is 0 Å². The molecule has 3 heterocycles. The van der Waals surface area contributed by atoms with Crippen LogP contribution in [0.2, 0.25) is 5.02 Å². The van der Waals surface area contributed by atoms with E-state index in [1.807, 2.05) is 31.2 Å². The maximum Gasteiger partial charge on any atom is 0.226 e. The van der Waals surface area contributed by atoms with Crippen molar-refractivity contribution in [3.05, 3.63) is 46.1 Å². The highest BCUT2D eigenvalue weighted by Gasteiger charge is 2.37. The average Bonchev–Trinajstić information content (AvgIpc) is 3.07. The maximum absolute atomic E-state index is 12.3. The second-order valence-corrected chi connectivity index (χ2v) is 9.37. The highest BCUT2D eigenvalue weighted by atomic mass is 35.5. The number of rotatable bonds is 2.